The second kappa shape index (κ2) is 9.00. The first kappa shape index (κ1) is 19.4. The summed E-state index contributed by atoms with van der Waals surface area (Å²) in [6.45, 7) is 0.540. The fourth-order valence-electron chi connectivity index (χ4n) is 3.21. The number of rotatable bonds is 7. The molecule has 0 aliphatic carbocycles. The van der Waals surface area contributed by atoms with Gasteiger partial charge in [-0.05, 0) is 54.5 Å². The van der Waals surface area contributed by atoms with E-state index in [2.05, 4.69) is 22.0 Å². The molecule has 5 heteroatoms. The second-order valence-corrected chi connectivity index (χ2v) is 7.44. The molecule has 0 saturated heterocycles. The number of halogens is 1. The molecule has 1 heterocycles. The van der Waals surface area contributed by atoms with Crippen LogP contribution in [-0.2, 0) is 22.5 Å². The zero-order valence-corrected chi connectivity index (χ0v) is 16.9. The molecule has 3 aromatic rings. The molecule has 0 aliphatic heterocycles. The highest BCUT2D eigenvalue weighted by atomic mass is 79.9. The van der Waals surface area contributed by atoms with Crippen LogP contribution in [0.2, 0.25) is 0 Å². The SMILES string of the molecule is COC(=O)CCCCc1cc2cc(Br)ccc2c(=O)n1Cc1ccccc1. The highest BCUT2D eigenvalue weighted by molar-refractivity contribution is 9.10. The third-order valence-electron chi connectivity index (χ3n) is 4.63. The van der Waals surface area contributed by atoms with Gasteiger partial charge in [0.15, 0.2) is 0 Å². The molecule has 3 rings (SSSR count). The summed E-state index contributed by atoms with van der Waals surface area (Å²) in [7, 11) is 1.40. The first-order valence-electron chi connectivity index (χ1n) is 9.01. The minimum Gasteiger partial charge on any atom is -0.469 e. The highest BCUT2D eigenvalue weighted by Crippen LogP contribution is 2.20. The molecule has 0 fully saturated rings. The third-order valence-corrected chi connectivity index (χ3v) is 5.13. The van der Waals surface area contributed by atoms with E-state index >= 15 is 0 Å². The number of hydrogen-bond donors (Lipinski definition) is 0. The number of carbonyl (C=O) groups excluding carboxylic acids is 1. The van der Waals surface area contributed by atoms with Gasteiger partial charge in [0, 0.05) is 22.0 Å². The van der Waals surface area contributed by atoms with Crippen LogP contribution in [-0.4, -0.2) is 17.6 Å². The molecule has 1 aromatic heterocycles. The van der Waals surface area contributed by atoms with Gasteiger partial charge >= 0.3 is 5.97 Å². The number of aromatic nitrogens is 1. The lowest BCUT2D eigenvalue weighted by atomic mass is 10.1. The number of ether oxygens (including phenoxy) is 1. The van der Waals surface area contributed by atoms with Gasteiger partial charge in [-0.1, -0.05) is 46.3 Å². The van der Waals surface area contributed by atoms with Crippen LogP contribution in [0.15, 0.2) is 63.9 Å². The van der Waals surface area contributed by atoms with E-state index in [4.69, 9.17) is 4.74 Å². The van der Waals surface area contributed by atoms with Crippen molar-refractivity contribution in [3.05, 3.63) is 80.7 Å². The average Bonchev–Trinajstić information content (AvgIpc) is 2.68. The largest absolute Gasteiger partial charge is 0.469 e. The lowest BCUT2D eigenvalue weighted by Gasteiger charge is -2.15. The van der Waals surface area contributed by atoms with Gasteiger partial charge < -0.3 is 9.30 Å². The fraction of sp³-hybridized carbons (Fsp3) is 0.273. The van der Waals surface area contributed by atoms with E-state index in [-0.39, 0.29) is 11.5 Å². The number of carbonyl (C=O) groups is 1. The summed E-state index contributed by atoms with van der Waals surface area (Å²) < 4.78 is 7.50. The van der Waals surface area contributed by atoms with E-state index in [1.807, 2.05) is 53.1 Å². The van der Waals surface area contributed by atoms with Crippen molar-refractivity contribution in [2.75, 3.05) is 7.11 Å². The van der Waals surface area contributed by atoms with Crippen molar-refractivity contribution in [3.63, 3.8) is 0 Å². The topological polar surface area (TPSA) is 48.3 Å². The number of hydrogen-bond acceptors (Lipinski definition) is 3. The lowest BCUT2D eigenvalue weighted by molar-refractivity contribution is -0.140. The zero-order chi connectivity index (χ0) is 19.2. The average molecular weight is 428 g/mol. The Labute approximate surface area is 166 Å². The van der Waals surface area contributed by atoms with Crippen molar-refractivity contribution < 1.29 is 9.53 Å². The Morgan fingerprint density at radius 3 is 2.59 bits per heavy atom. The van der Waals surface area contributed by atoms with Gasteiger partial charge in [-0.2, -0.15) is 0 Å². The van der Waals surface area contributed by atoms with E-state index in [1.54, 1.807) is 0 Å². The molecule has 0 aliphatic rings. The molecule has 2 aromatic carbocycles. The van der Waals surface area contributed by atoms with Gasteiger partial charge in [-0.3, -0.25) is 9.59 Å². The number of unbranched alkanes of at least 4 members (excludes halogenated alkanes) is 1. The van der Waals surface area contributed by atoms with Crippen LogP contribution in [0.4, 0.5) is 0 Å². The summed E-state index contributed by atoms with van der Waals surface area (Å²) in [5.41, 5.74) is 2.10. The molecule has 0 saturated carbocycles. The quantitative estimate of drug-likeness (QED) is 0.405. The van der Waals surface area contributed by atoms with Gasteiger partial charge in [0.25, 0.3) is 5.56 Å². The van der Waals surface area contributed by atoms with Crippen molar-refractivity contribution in [3.8, 4) is 0 Å². The molecule has 0 spiro atoms. The van der Waals surface area contributed by atoms with Crippen LogP contribution in [0.3, 0.4) is 0 Å². The first-order valence-corrected chi connectivity index (χ1v) is 9.80. The summed E-state index contributed by atoms with van der Waals surface area (Å²) >= 11 is 3.48. The summed E-state index contributed by atoms with van der Waals surface area (Å²) in [6, 6.07) is 17.8. The highest BCUT2D eigenvalue weighted by Gasteiger charge is 2.11. The van der Waals surface area contributed by atoms with Crippen molar-refractivity contribution in [2.45, 2.75) is 32.2 Å². The van der Waals surface area contributed by atoms with Gasteiger partial charge in [0.2, 0.25) is 0 Å². The van der Waals surface area contributed by atoms with Gasteiger partial charge in [-0.25, -0.2) is 0 Å². The summed E-state index contributed by atoms with van der Waals surface area (Å²) in [6.07, 6.45) is 2.70. The Hall–Kier alpha value is -2.40. The maximum absolute atomic E-state index is 13.1. The molecule has 0 radical (unpaired) electrons. The first-order chi connectivity index (χ1) is 13.1. The molecule has 0 bridgehead atoms. The van der Waals surface area contributed by atoms with Crippen LogP contribution < -0.4 is 5.56 Å². The predicted octanol–water partition coefficient (Wildman–Crippen LogP) is 4.70. The molecule has 4 nitrogen and oxygen atoms in total. The summed E-state index contributed by atoms with van der Waals surface area (Å²) in [4.78, 5) is 24.4. The predicted molar refractivity (Wildman–Crippen MR) is 111 cm³/mol. The molecule has 0 atom stereocenters. The molecular weight excluding hydrogens is 406 g/mol. The zero-order valence-electron chi connectivity index (χ0n) is 15.3. The van der Waals surface area contributed by atoms with Gasteiger partial charge in [-0.15, -0.1) is 0 Å². The fourth-order valence-corrected chi connectivity index (χ4v) is 3.58. The molecule has 140 valence electrons. The van der Waals surface area contributed by atoms with Crippen molar-refractivity contribution in [2.24, 2.45) is 0 Å². The van der Waals surface area contributed by atoms with Crippen molar-refractivity contribution in [1.82, 2.24) is 4.57 Å². The van der Waals surface area contributed by atoms with Crippen LogP contribution in [0.1, 0.15) is 30.5 Å². The second-order valence-electron chi connectivity index (χ2n) is 6.53. The molecule has 0 amide bonds. The normalized spacial score (nSPS) is 10.9. The Morgan fingerprint density at radius 2 is 1.85 bits per heavy atom. The van der Waals surface area contributed by atoms with E-state index in [1.165, 1.54) is 7.11 Å². The van der Waals surface area contributed by atoms with Crippen molar-refractivity contribution >= 4 is 32.7 Å². The van der Waals surface area contributed by atoms with Crippen LogP contribution in [0.25, 0.3) is 10.8 Å². The Kier molecular flexibility index (Phi) is 6.45. The number of pyridine rings is 1. The molecule has 0 unspecified atom stereocenters. The Balaban J connectivity index is 1.94. The molecule has 0 N–H and O–H groups in total. The van der Waals surface area contributed by atoms with E-state index in [9.17, 15) is 9.59 Å². The summed E-state index contributed by atoms with van der Waals surface area (Å²) in [5.74, 6) is -0.195. The minimum absolute atomic E-state index is 0.0202. The number of aryl methyl sites for hydroxylation is 1. The van der Waals surface area contributed by atoms with Gasteiger partial charge in [0.05, 0.1) is 13.7 Å². The van der Waals surface area contributed by atoms with Crippen LogP contribution >= 0.6 is 15.9 Å². The maximum atomic E-state index is 13.1. The Bertz CT molecular complexity index is 996. The van der Waals surface area contributed by atoms with E-state index in [0.29, 0.717) is 18.4 Å². The van der Waals surface area contributed by atoms with E-state index < -0.39 is 0 Å². The van der Waals surface area contributed by atoms with Crippen LogP contribution in [0, 0.1) is 0 Å². The van der Waals surface area contributed by atoms with Gasteiger partial charge in [0.1, 0.15) is 0 Å². The number of methoxy groups -OCH3 is 1. The van der Waals surface area contributed by atoms with E-state index in [0.717, 1.165) is 40.4 Å². The number of fused-ring (bicyclic) bond motifs is 1. The number of benzene rings is 2. The lowest BCUT2D eigenvalue weighted by Crippen LogP contribution is -2.24. The Morgan fingerprint density at radius 1 is 1.07 bits per heavy atom. The monoisotopic (exact) mass is 427 g/mol. The number of nitrogens with zero attached hydrogens (tertiary/aromatic N) is 1. The third kappa shape index (κ3) is 4.86. The molecule has 27 heavy (non-hydrogen) atoms. The maximum Gasteiger partial charge on any atom is 0.305 e. The standard InChI is InChI=1S/C22H22BrNO3/c1-27-21(25)10-6-5-9-19-14-17-13-18(23)11-12-20(17)22(26)24(19)15-16-7-3-2-4-8-16/h2-4,7-8,11-14H,5-6,9-10,15H2,1H3. The van der Waals surface area contributed by atoms with Crippen LogP contribution in [0.5, 0.6) is 0 Å². The molecular formula is C22H22BrNO3. The van der Waals surface area contributed by atoms with Crippen molar-refractivity contribution in [1.29, 1.82) is 0 Å². The number of esters is 1. The smallest absolute Gasteiger partial charge is 0.305 e. The minimum atomic E-state index is -0.195. The summed E-state index contributed by atoms with van der Waals surface area (Å²) in [5, 5.41) is 1.65.